The van der Waals surface area contributed by atoms with E-state index in [1.165, 1.54) is 12.1 Å². The van der Waals surface area contributed by atoms with Crippen molar-refractivity contribution in [3.8, 4) is 0 Å². The van der Waals surface area contributed by atoms with E-state index in [-0.39, 0.29) is 11.3 Å². The molecule has 0 saturated carbocycles. The monoisotopic (exact) mass is 309 g/mol. The number of hydrogen-bond acceptors (Lipinski definition) is 5. The number of amides is 1. The molecular formula is C14H19N3O5. The van der Waals surface area contributed by atoms with Crippen LogP contribution in [0.15, 0.2) is 23.1 Å². The third kappa shape index (κ3) is 6.21. The highest BCUT2D eigenvalue weighted by Crippen LogP contribution is 2.09. The molecule has 1 amide bonds. The molecular weight excluding hydrogens is 290 g/mol. The van der Waals surface area contributed by atoms with Gasteiger partial charge in [-0.1, -0.05) is 12.2 Å². The average Bonchev–Trinajstić information content (AvgIpc) is 2.37. The minimum atomic E-state index is -0.586. The van der Waals surface area contributed by atoms with Gasteiger partial charge in [0, 0.05) is 18.2 Å². The summed E-state index contributed by atoms with van der Waals surface area (Å²) < 4.78 is 5.06. The van der Waals surface area contributed by atoms with Crippen LogP contribution >= 0.6 is 0 Å². The Bertz CT molecular complexity index is 628. The van der Waals surface area contributed by atoms with Gasteiger partial charge < -0.3 is 15.0 Å². The zero-order chi connectivity index (χ0) is 16.8. The Morgan fingerprint density at radius 3 is 2.77 bits per heavy atom. The lowest BCUT2D eigenvalue weighted by atomic mass is 10.2. The molecule has 0 radical (unpaired) electrons. The van der Waals surface area contributed by atoms with Gasteiger partial charge in [0.25, 0.3) is 11.2 Å². The third-order valence-corrected chi connectivity index (χ3v) is 2.40. The predicted molar refractivity (Wildman–Crippen MR) is 81.6 cm³/mol. The Morgan fingerprint density at radius 1 is 1.50 bits per heavy atom. The first-order valence-corrected chi connectivity index (χ1v) is 6.69. The maximum Gasteiger partial charge on any atom is 0.407 e. The van der Waals surface area contributed by atoms with Crippen molar-refractivity contribution in [2.75, 3.05) is 6.54 Å². The summed E-state index contributed by atoms with van der Waals surface area (Å²) in [5.74, 6) is 0. The maximum absolute atomic E-state index is 11.5. The summed E-state index contributed by atoms with van der Waals surface area (Å²) in [4.78, 5) is 35.2. The Morgan fingerprint density at radius 2 is 2.18 bits per heavy atom. The number of ether oxygens (including phenoxy) is 1. The number of nitrogens with one attached hydrogen (secondary N) is 2. The van der Waals surface area contributed by atoms with Crippen LogP contribution in [0.2, 0.25) is 0 Å². The minimum absolute atomic E-state index is 0.187. The first kappa shape index (κ1) is 17.4. The number of carbonyl (C=O) groups is 1. The largest absolute Gasteiger partial charge is 0.444 e. The van der Waals surface area contributed by atoms with Gasteiger partial charge in [0.1, 0.15) is 5.60 Å². The number of nitrogens with zero attached hydrogens (tertiary/aromatic N) is 1. The van der Waals surface area contributed by atoms with Crippen molar-refractivity contribution in [2.24, 2.45) is 0 Å². The lowest BCUT2D eigenvalue weighted by Crippen LogP contribution is -2.32. The molecule has 0 aliphatic rings. The fourth-order valence-corrected chi connectivity index (χ4v) is 1.50. The van der Waals surface area contributed by atoms with Crippen molar-refractivity contribution in [3.63, 3.8) is 0 Å². The van der Waals surface area contributed by atoms with Gasteiger partial charge in [-0.05, 0) is 27.2 Å². The van der Waals surface area contributed by atoms with Crippen LogP contribution in [0.25, 0.3) is 6.08 Å². The van der Waals surface area contributed by atoms with Gasteiger partial charge in [0.2, 0.25) is 0 Å². The molecule has 1 heterocycles. The predicted octanol–water partition coefficient (Wildman–Crippen LogP) is 2.21. The second-order valence-corrected chi connectivity index (χ2v) is 5.52. The fraction of sp³-hybridized carbons (Fsp3) is 0.429. The Labute approximate surface area is 127 Å². The van der Waals surface area contributed by atoms with Gasteiger partial charge in [-0.25, -0.2) is 4.79 Å². The first-order chi connectivity index (χ1) is 10.2. The zero-order valence-corrected chi connectivity index (χ0v) is 12.7. The molecule has 8 heteroatoms. The number of hydrogen-bond donors (Lipinski definition) is 2. The topological polar surface area (TPSA) is 114 Å². The summed E-state index contributed by atoms with van der Waals surface area (Å²) in [5, 5.41) is 13.2. The SMILES string of the molecule is CC(C)(C)OC(=O)NCCC=Cc1cc([N+](=O)[O-])c[nH]c1=O. The van der Waals surface area contributed by atoms with E-state index >= 15 is 0 Å². The van der Waals surface area contributed by atoms with Crippen molar-refractivity contribution in [2.45, 2.75) is 32.8 Å². The van der Waals surface area contributed by atoms with E-state index in [1.54, 1.807) is 26.8 Å². The minimum Gasteiger partial charge on any atom is -0.444 e. The second-order valence-electron chi connectivity index (χ2n) is 5.52. The highest BCUT2D eigenvalue weighted by atomic mass is 16.6. The smallest absolute Gasteiger partial charge is 0.407 e. The van der Waals surface area contributed by atoms with E-state index in [4.69, 9.17) is 4.74 Å². The summed E-state index contributed by atoms with van der Waals surface area (Å²) in [6.07, 6.45) is 4.11. The number of aromatic amines is 1. The lowest BCUT2D eigenvalue weighted by molar-refractivity contribution is -0.385. The van der Waals surface area contributed by atoms with Crippen molar-refractivity contribution >= 4 is 17.9 Å². The highest BCUT2D eigenvalue weighted by molar-refractivity contribution is 5.67. The van der Waals surface area contributed by atoms with Crippen molar-refractivity contribution < 1.29 is 14.5 Å². The number of nitro groups is 1. The molecule has 0 saturated heterocycles. The van der Waals surface area contributed by atoms with Crippen LogP contribution in [0.3, 0.4) is 0 Å². The molecule has 120 valence electrons. The van der Waals surface area contributed by atoms with Crippen LogP contribution in [-0.2, 0) is 4.74 Å². The van der Waals surface area contributed by atoms with E-state index < -0.39 is 22.2 Å². The fourth-order valence-electron chi connectivity index (χ4n) is 1.50. The number of H-pyrrole nitrogens is 1. The number of rotatable bonds is 5. The number of pyridine rings is 1. The Kier molecular flexibility index (Phi) is 5.85. The van der Waals surface area contributed by atoms with Gasteiger partial charge >= 0.3 is 6.09 Å². The molecule has 1 aromatic heterocycles. The molecule has 8 nitrogen and oxygen atoms in total. The van der Waals surface area contributed by atoms with Crippen molar-refractivity contribution in [3.05, 3.63) is 44.4 Å². The quantitative estimate of drug-likeness (QED) is 0.491. The van der Waals surface area contributed by atoms with Crippen LogP contribution < -0.4 is 10.9 Å². The molecule has 0 fully saturated rings. The van der Waals surface area contributed by atoms with Crippen LogP contribution in [0, 0.1) is 10.1 Å². The van der Waals surface area contributed by atoms with Gasteiger partial charge in [-0.3, -0.25) is 14.9 Å². The molecule has 1 rings (SSSR count). The molecule has 2 N–H and O–H groups in total. The zero-order valence-electron chi connectivity index (χ0n) is 12.7. The first-order valence-electron chi connectivity index (χ1n) is 6.69. The van der Waals surface area contributed by atoms with E-state index in [0.29, 0.717) is 13.0 Å². The number of aromatic nitrogens is 1. The summed E-state index contributed by atoms with van der Waals surface area (Å²) in [6.45, 7) is 5.63. The molecule has 22 heavy (non-hydrogen) atoms. The van der Waals surface area contributed by atoms with Crippen LogP contribution in [0.1, 0.15) is 32.8 Å². The van der Waals surface area contributed by atoms with Crippen LogP contribution in [0.4, 0.5) is 10.5 Å². The maximum atomic E-state index is 11.5. The van der Waals surface area contributed by atoms with Gasteiger partial charge in [-0.2, -0.15) is 0 Å². The van der Waals surface area contributed by atoms with E-state index in [2.05, 4.69) is 10.3 Å². The standard InChI is InChI=1S/C14H19N3O5/c1-14(2,3)22-13(19)15-7-5-4-6-10-8-11(17(20)21)9-16-12(10)18/h4,6,8-9H,5,7H2,1-3H3,(H,15,19)(H,16,18). The molecule has 1 aromatic rings. The van der Waals surface area contributed by atoms with E-state index in [1.807, 2.05) is 0 Å². The van der Waals surface area contributed by atoms with Crippen molar-refractivity contribution in [1.29, 1.82) is 0 Å². The van der Waals surface area contributed by atoms with Crippen molar-refractivity contribution in [1.82, 2.24) is 10.3 Å². The molecule has 0 aromatic carbocycles. The summed E-state index contributed by atoms with van der Waals surface area (Å²) in [6, 6.07) is 1.19. The van der Waals surface area contributed by atoms with Gasteiger partial charge in [0.05, 0.1) is 11.1 Å². The molecule has 0 spiro atoms. The summed E-state index contributed by atoms with van der Waals surface area (Å²) in [7, 11) is 0. The number of carbonyl (C=O) groups excluding carboxylic acids is 1. The average molecular weight is 309 g/mol. The normalized spacial score (nSPS) is 11.4. The summed E-state index contributed by atoms with van der Waals surface area (Å²) >= 11 is 0. The molecule has 0 aliphatic carbocycles. The van der Waals surface area contributed by atoms with E-state index in [9.17, 15) is 19.7 Å². The highest BCUT2D eigenvalue weighted by Gasteiger charge is 2.15. The molecule has 0 bridgehead atoms. The lowest BCUT2D eigenvalue weighted by Gasteiger charge is -2.19. The Hall–Kier alpha value is -2.64. The summed E-state index contributed by atoms with van der Waals surface area (Å²) in [5.41, 5.74) is -0.976. The van der Waals surface area contributed by atoms with Crippen LogP contribution in [-0.4, -0.2) is 28.1 Å². The Balaban J connectivity index is 2.50. The van der Waals surface area contributed by atoms with Gasteiger partial charge in [-0.15, -0.1) is 0 Å². The number of alkyl carbamates (subject to hydrolysis) is 1. The van der Waals surface area contributed by atoms with Gasteiger partial charge in [0.15, 0.2) is 0 Å². The molecule has 0 aliphatic heterocycles. The molecule has 0 unspecified atom stereocenters. The van der Waals surface area contributed by atoms with E-state index in [0.717, 1.165) is 6.20 Å². The third-order valence-electron chi connectivity index (χ3n) is 2.40. The van der Waals surface area contributed by atoms with Crippen LogP contribution in [0.5, 0.6) is 0 Å². The second kappa shape index (κ2) is 7.39. The molecule has 0 atom stereocenters.